The van der Waals surface area contributed by atoms with Crippen molar-refractivity contribution in [3.8, 4) is 0 Å². The summed E-state index contributed by atoms with van der Waals surface area (Å²) < 4.78 is 5.78. The van der Waals surface area contributed by atoms with Crippen LogP contribution in [0, 0.1) is 5.92 Å². The van der Waals surface area contributed by atoms with E-state index in [1.807, 2.05) is 0 Å². The van der Waals surface area contributed by atoms with Crippen LogP contribution in [0.4, 0.5) is 0 Å². The molecule has 2 fully saturated rings. The first-order valence-corrected chi connectivity index (χ1v) is 7.79. The molecule has 2 nitrogen and oxygen atoms in total. The highest BCUT2D eigenvalue weighted by Gasteiger charge is 2.34. The van der Waals surface area contributed by atoms with Crippen molar-refractivity contribution in [2.45, 2.75) is 57.2 Å². The summed E-state index contributed by atoms with van der Waals surface area (Å²) in [5.41, 5.74) is 1.46. The van der Waals surface area contributed by atoms with Crippen molar-refractivity contribution in [2.24, 2.45) is 5.92 Å². The molecule has 3 unspecified atom stereocenters. The molecular weight excluding hydrogens is 234 g/mol. The Kier molecular flexibility index (Phi) is 4.19. The quantitative estimate of drug-likeness (QED) is 0.871. The van der Waals surface area contributed by atoms with E-state index in [1.54, 1.807) is 0 Å². The molecule has 1 saturated carbocycles. The molecule has 0 radical (unpaired) electrons. The van der Waals surface area contributed by atoms with Gasteiger partial charge in [-0.05, 0) is 43.6 Å². The zero-order valence-electron chi connectivity index (χ0n) is 11.8. The fraction of sp³-hybridized carbons (Fsp3) is 0.647. The van der Waals surface area contributed by atoms with Crippen LogP contribution in [-0.4, -0.2) is 18.8 Å². The molecule has 1 aromatic rings. The Morgan fingerprint density at radius 3 is 2.68 bits per heavy atom. The molecule has 19 heavy (non-hydrogen) atoms. The minimum Gasteiger partial charge on any atom is -0.378 e. The maximum Gasteiger partial charge on any atom is 0.0587 e. The van der Waals surface area contributed by atoms with Gasteiger partial charge < -0.3 is 10.1 Å². The average Bonchev–Trinajstić information content (AvgIpc) is 3.30. The van der Waals surface area contributed by atoms with Gasteiger partial charge in [0.25, 0.3) is 0 Å². The molecule has 1 heterocycles. The molecule has 1 saturated heterocycles. The maximum atomic E-state index is 5.78. The fourth-order valence-electron chi connectivity index (χ4n) is 3.16. The summed E-state index contributed by atoms with van der Waals surface area (Å²) in [5.74, 6) is 0.852. The molecule has 1 aliphatic heterocycles. The lowest BCUT2D eigenvalue weighted by Gasteiger charge is -2.33. The molecule has 2 aliphatic rings. The molecule has 3 atom stereocenters. The predicted octanol–water partition coefficient (Wildman–Crippen LogP) is 3.68. The van der Waals surface area contributed by atoms with E-state index < -0.39 is 0 Å². The van der Waals surface area contributed by atoms with Crippen LogP contribution in [0.25, 0.3) is 0 Å². The fourth-order valence-corrected chi connectivity index (χ4v) is 3.16. The number of hydrogen-bond acceptors (Lipinski definition) is 2. The Labute approximate surface area is 116 Å². The number of ether oxygens (including phenoxy) is 1. The summed E-state index contributed by atoms with van der Waals surface area (Å²) in [6.07, 6.45) is 6.69. The first-order valence-electron chi connectivity index (χ1n) is 7.79. The maximum absolute atomic E-state index is 5.78. The van der Waals surface area contributed by atoms with Gasteiger partial charge in [-0.2, -0.15) is 0 Å². The van der Waals surface area contributed by atoms with E-state index in [2.05, 4.69) is 42.6 Å². The highest BCUT2D eigenvalue weighted by Crippen LogP contribution is 2.41. The summed E-state index contributed by atoms with van der Waals surface area (Å²) in [6.45, 7) is 3.14. The molecule has 104 valence electrons. The van der Waals surface area contributed by atoms with Crippen molar-refractivity contribution in [1.29, 1.82) is 0 Å². The molecule has 0 bridgehead atoms. The molecule has 1 aliphatic carbocycles. The van der Waals surface area contributed by atoms with Gasteiger partial charge in [-0.1, -0.05) is 37.3 Å². The SMILES string of the molecule is CCC1CC(NC(c2ccccc2)C2CC2)CCO1. The van der Waals surface area contributed by atoms with E-state index in [0.717, 1.165) is 25.4 Å². The van der Waals surface area contributed by atoms with Crippen LogP contribution in [0.2, 0.25) is 0 Å². The number of benzene rings is 1. The Morgan fingerprint density at radius 2 is 2.00 bits per heavy atom. The topological polar surface area (TPSA) is 21.3 Å². The zero-order chi connectivity index (χ0) is 13.1. The van der Waals surface area contributed by atoms with Gasteiger partial charge in [0.2, 0.25) is 0 Å². The molecular formula is C17H25NO. The summed E-state index contributed by atoms with van der Waals surface area (Å²) >= 11 is 0. The van der Waals surface area contributed by atoms with Crippen molar-refractivity contribution >= 4 is 0 Å². The van der Waals surface area contributed by atoms with Crippen LogP contribution in [0.5, 0.6) is 0 Å². The van der Waals surface area contributed by atoms with Gasteiger partial charge in [0, 0.05) is 18.7 Å². The number of hydrogen-bond donors (Lipinski definition) is 1. The number of rotatable bonds is 5. The predicted molar refractivity (Wildman–Crippen MR) is 78.1 cm³/mol. The lowest BCUT2D eigenvalue weighted by molar-refractivity contribution is -0.00250. The third-order valence-corrected chi connectivity index (χ3v) is 4.49. The smallest absolute Gasteiger partial charge is 0.0587 e. The average molecular weight is 259 g/mol. The lowest BCUT2D eigenvalue weighted by Crippen LogP contribution is -2.41. The highest BCUT2D eigenvalue weighted by molar-refractivity contribution is 5.21. The molecule has 0 spiro atoms. The second kappa shape index (κ2) is 6.06. The Balaban J connectivity index is 1.65. The van der Waals surface area contributed by atoms with E-state index in [1.165, 1.54) is 24.8 Å². The van der Waals surface area contributed by atoms with Gasteiger partial charge in [0.15, 0.2) is 0 Å². The third-order valence-electron chi connectivity index (χ3n) is 4.49. The van der Waals surface area contributed by atoms with E-state index in [9.17, 15) is 0 Å². The molecule has 0 amide bonds. The van der Waals surface area contributed by atoms with Gasteiger partial charge in [0.05, 0.1) is 6.10 Å². The van der Waals surface area contributed by atoms with Crippen LogP contribution in [0.1, 0.15) is 50.6 Å². The van der Waals surface area contributed by atoms with Crippen molar-refractivity contribution in [1.82, 2.24) is 5.32 Å². The normalized spacial score (nSPS) is 29.1. The van der Waals surface area contributed by atoms with Crippen molar-refractivity contribution in [3.05, 3.63) is 35.9 Å². The summed E-state index contributed by atoms with van der Waals surface area (Å²) in [6, 6.07) is 12.1. The second-order valence-corrected chi connectivity index (χ2v) is 6.01. The minimum absolute atomic E-state index is 0.460. The van der Waals surface area contributed by atoms with E-state index in [4.69, 9.17) is 4.74 Å². The van der Waals surface area contributed by atoms with Gasteiger partial charge in [-0.15, -0.1) is 0 Å². The Bertz CT molecular complexity index is 388. The highest BCUT2D eigenvalue weighted by atomic mass is 16.5. The van der Waals surface area contributed by atoms with Gasteiger partial charge in [-0.25, -0.2) is 0 Å². The molecule has 1 aromatic carbocycles. The van der Waals surface area contributed by atoms with E-state index >= 15 is 0 Å². The molecule has 3 rings (SSSR count). The van der Waals surface area contributed by atoms with E-state index in [-0.39, 0.29) is 0 Å². The van der Waals surface area contributed by atoms with Crippen molar-refractivity contribution in [3.63, 3.8) is 0 Å². The first kappa shape index (κ1) is 13.1. The standard InChI is InChI=1S/C17H25NO/c1-2-16-12-15(10-11-19-16)18-17(14-8-9-14)13-6-4-3-5-7-13/h3-7,14-18H,2,8-12H2,1H3. The van der Waals surface area contributed by atoms with Crippen LogP contribution in [0.3, 0.4) is 0 Å². The monoisotopic (exact) mass is 259 g/mol. The van der Waals surface area contributed by atoms with Crippen LogP contribution >= 0.6 is 0 Å². The Hall–Kier alpha value is -0.860. The number of nitrogens with one attached hydrogen (secondary N) is 1. The molecule has 0 aromatic heterocycles. The van der Waals surface area contributed by atoms with Crippen LogP contribution in [-0.2, 0) is 4.74 Å². The molecule has 1 N–H and O–H groups in total. The van der Waals surface area contributed by atoms with Crippen LogP contribution in [0.15, 0.2) is 30.3 Å². The van der Waals surface area contributed by atoms with E-state index in [0.29, 0.717) is 18.2 Å². The lowest BCUT2D eigenvalue weighted by atomic mass is 9.96. The summed E-state index contributed by atoms with van der Waals surface area (Å²) in [4.78, 5) is 0. The van der Waals surface area contributed by atoms with Crippen LogP contribution < -0.4 is 5.32 Å². The zero-order valence-corrected chi connectivity index (χ0v) is 11.8. The summed E-state index contributed by atoms with van der Waals surface area (Å²) in [7, 11) is 0. The van der Waals surface area contributed by atoms with Gasteiger partial charge in [-0.3, -0.25) is 0 Å². The van der Waals surface area contributed by atoms with Crippen molar-refractivity contribution < 1.29 is 4.74 Å². The largest absolute Gasteiger partial charge is 0.378 e. The third kappa shape index (κ3) is 3.37. The molecule has 2 heteroatoms. The first-order chi connectivity index (χ1) is 9.36. The van der Waals surface area contributed by atoms with Gasteiger partial charge in [0.1, 0.15) is 0 Å². The van der Waals surface area contributed by atoms with Gasteiger partial charge >= 0.3 is 0 Å². The minimum atomic E-state index is 0.460. The Morgan fingerprint density at radius 1 is 1.21 bits per heavy atom. The summed E-state index contributed by atoms with van der Waals surface area (Å²) in [5, 5.41) is 3.92. The van der Waals surface area contributed by atoms with Crippen molar-refractivity contribution in [2.75, 3.05) is 6.61 Å². The second-order valence-electron chi connectivity index (χ2n) is 6.01.